The maximum absolute atomic E-state index is 12.8. The van der Waals surface area contributed by atoms with Gasteiger partial charge in [-0.3, -0.25) is 9.69 Å². The van der Waals surface area contributed by atoms with Gasteiger partial charge in [-0.2, -0.15) is 0 Å². The van der Waals surface area contributed by atoms with Crippen LogP contribution in [0.4, 0.5) is 0 Å². The van der Waals surface area contributed by atoms with E-state index in [4.69, 9.17) is 9.47 Å². The molecule has 1 saturated carbocycles. The minimum atomic E-state index is -0.133. The van der Waals surface area contributed by atoms with E-state index in [1.165, 1.54) is 6.42 Å². The quantitative estimate of drug-likeness (QED) is 0.794. The third kappa shape index (κ3) is 3.97. The fourth-order valence-electron chi connectivity index (χ4n) is 5.06. The van der Waals surface area contributed by atoms with Crippen LogP contribution in [0.1, 0.15) is 44.9 Å². The van der Waals surface area contributed by atoms with E-state index >= 15 is 0 Å². The van der Waals surface area contributed by atoms with Gasteiger partial charge in [0, 0.05) is 51.5 Å². The summed E-state index contributed by atoms with van der Waals surface area (Å²) in [5, 5.41) is 0. The van der Waals surface area contributed by atoms with E-state index in [2.05, 4.69) is 9.88 Å². The van der Waals surface area contributed by atoms with Crippen molar-refractivity contribution in [2.75, 3.05) is 33.3 Å². The molecule has 3 aliphatic rings. The molecule has 27 heavy (non-hydrogen) atoms. The second kappa shape index (κ2) is 8.15. The number of hydrogen-bond donors (Lipinski definition) is 0. The van der Waals surface area contributed by atoms with Gasteiger partial charge in [0.05, 0.1) is 12.1 Å². The molecule has 1 aliphatic carbocycles. The standard InChI is InChI=1S/C21H31N3O3/c1-26-21-9-8-17(27-19-7-3-4-11-22-19)15-18(21)24(14-10-21)16-20(25)23-12-5-2-6-13-23/h3-4,7,11,17-18H,2,5-6,8-10,12-16H2,1H3/t17-,18+,21-/m1/s1. The molecule has 4 rings (SSSR count). The van der Waals surface area contributed by atoms with E-state index in [0.717, 1.165) is 58.2 Å². The summed E-state index contributed by atoms with van der Waals surface area (Å²) < 4.78 is 12.2. The van der Waals surface area contributed by atoms with Crippen LogP contribution < -0.4 is 4.74 Å². The second-order valence-corrected chi connectivity index (χ2v) is 8.13. The van der Waals surface area contributed by atoms with Gasteiger partial charge in [-0.05, 0) is 44.6 Å². The van der Waals surface area contributed by atoms with Crippen LogP contribution in [-0.4, -0.2) is 71.7 Å². The molecule has 1 aromatic rings. The van der Waals surface area contributed by atoms with Crippen LogP contribution in [0.2, 0.25) is 0 Å². The Labute approximate surface area is 161 Å². The van der Waals surface area contributed by atoms with E-state index in [1.807, 2.05) is 30.2 Å². The smallest absolute Gasteiger partial charge is 0.236 e. The number of amides is 1. The minimum absolute atomic E-state index is 0.124. The van der Waals surface area contributed by atoms with Crippen LogP contribution in [0.5, 0.6) is 5.88 Å². The van der Waals surface area contributed by atoms with Crippen molar-refractivity contribution in [1.82, 2.24) is 14.8 Å². The van der Waals surface area contributed by atoms with Crippen molar-refractivity contribution < 1.29 is 14.3 Å². The zero-order chi connectivity index (χ0) is 18.7. The zero-order valence-electron chi connectivity index (χ0n) is 16.3. The molecule has 3 fully saturated rings. The second-order valence-electron chi connectivity index (χ2n) is 8.13. The molecular weight excluding hydrogens is 342 g/mol. The van der Waals surface area contributed by atoms with Crippen molar-refractivity contribution in [2.24, 2.45) is 0 Å². The minimum Gasteiger partial charge on any atom is -0.474 e. The fraction of sp³-hybridized carbons (Fsp3) is 0.714. The molecular formula is C21H31N3O3. The van der Waals surface area contributed by atoms with E-state index in [9.17, 15) is 4.79 Å². The summed E-state index contributed by atoms with van der Waals surface area (Å²) in [6.07, 6.45) is 9.23. The number of pyridine rings is 1. The van der Waals surface area contributed by atoms with Crippen molar-refractivity contribution in [3.8, 4) is 5.88 Å². The predicted octanol–water partition coefficient (Wildman–Crippen LogP) is 2.48. The van der Waals surface area contributed by atoms with E-state index in [1.54, 1.807) is 6.20 Å². The fourth-order valence-corrected chi connectivity index (χ4v) is 5.06. The molecule has 6 nitrogen and oxygen atoms in total. The first-order valence-corrected chi connectivity index (χ1v) is 10.3. The van der Waals surface area contributed by atoms with Gasteiger partial charge in [0.1, 0.15) is 6.10 Å². The Morgan fingerprint density at radius 3 is 2.81 bits per heavy atom. The number of aromatic nitrogens is 1. The molecule has 3 atom stereocenters. The number of ether oxygens (including phenoxy) is 2. The lowest BCUT2D eigenvalue weighted by atomic mass is 9.79. The summed E-state index contributed by atoms with van der Waals surface area (Å²) in [6.45, 7) is 3.26. The largest absolute Gasteiger partial charge is 0.474 e. The van der Waals surface area contributed by atoms with Crippen LogP contribution in [0.3, 0.4) is 0 Å². The van der Waals surface area contributed by atoms with Gasteiger partial charge in [0.15, 0.2) is 0 Å². The first-order valence-electron chi connectivity index (χ1n) is 10.3. The number of nitrogens with zero attached hydrogens (tertiary/aromatic N) is 3. The van der Waals surface area contributed by atoms with Crippen molar-refractivity contribution >= 4 is 5.91 Å². The number of carbonyl (C=O) groups is 1. The highest BCUT2D eigenvalue weighted by atomic mass is 16.5. The zero-order valence-corrected chi connectivity index (χ0v) is 16.3. The molecule has 0 unspecified atom stereocenters. The molecule has 6 heteroatoms. The third-order valence-corrected chi connectivity index (χ3v) is 6.62. The highest BCUT2D eigenvalue weighted by Crippen LogP contribution is 2.43. The van der Waals surface area contributed by atoms with Crippen LogP contribution >= 0.6 is 0 Å². The topological polar surface area (TPSA) is 54.9 Å². The van der Waals surface area contributed by atoms with Crippen LogP contribution in [-0.2, 0) is 9.53 Å². The third-order valence-electron chi connectivity index (χ3n) is 6.62. The Morgan fingerprint density at radius 1 is 1.22 bits per heavy atom. The number of methoxy groups -OCH3 is 1. The van der Waals surface area contributed by atoms with Gasteiger partial charge >= 0.3 is 0 Å². The van der Waals surface area contributed by atoms with Crippen LogP contribution in [0.25, 0.3) is 0 Å². The van der Waals surface area contributed by atoms with Crippen LogP contribution in [0.15, 0.2) is 24.4 Å². The maximum Gasteiger partial charge on any atom is 0.236 e. The van der Waals surface area contributed by atoms with Gasteiger partial charge in [0.2, 0.25) is 11.8 Å². The number of fused-ring (bicyclic) bond motifs is 1. The lowest BCUT2D eigenvalue weighted by Gasteiger charge is -2.43. The molecule has 1 aromatic heterocycles. The maximum atomic E-state index is 12.8. The molecule has 3 heterocycles. The van der Waals surface area contributed by atoms with E-state index in [-0.39, 0.29) is 23.7 Å². The Kier molecular flexibility index (Phi) is 5.64. The molecule has 148 valence electrons. The normalized spacial score (nSPS) is 31.5. The van der Waals surface area contributed by atoms with E-state index < -0.39 is 0 Å². The number of hydrogen-bond acceptors (Lipinski definition) is 5. The summed E-state index contributed by atoms with van der Waals surface area (Å²) in [5.41, 5.74) is -0.133. The number of carbonyl (C=O) groups excluding carboxylic acids is 1. The number of likely N-dealkylation sites (tertiary alicyclic amines) is 2. The Bertz CT molecular complexity index is 635. The van der Waals surface area contributed by atoms with Gasteiger partial charge in [-0.15, -0.1) is 0 Å². The average Bonchev–Trinajstić information content (AvgIpc) is 3.08. The monoisotopic (exact) mass is 373 g/mol. The SMILES string of the molecule is CO[C@@]12CC[C@@H](Oc3ccccn3)C[C@@H]1N(CC(=O)N1CCCCC1)CC2. The van der Waals surface area contributed by atoms with Crippen molar-refractivity contribution in [2.45, 2.75) is 62.7 Å². The van der Waals surface area contributed by atoms with Crippen molar-refractivity contribution in [3.63, 3.8) is 0 Å². The summed E-state index contributed by atoms with van der Waals surface area (Å²) in [6, 6.07) is 5.99. The number of rotatable bonds is 5. The molecule has 0 N–H and O–H groups in total. The Hall–Kier alpha value is -1.66. The van der Waals surface area contributed by atoms with Crippen molar-refractivity contribution in [3.05, 3.63) is 24.4 Å². The van der Waals surface area contributed by atoms with Gasteiger partial charge < -0.3 is 14.4 Å². The molecule has 0 radical (unpaired) electrons. The van der Waals surface area contributed by atoms with Gasteiger partial charge in [0.25, 0.3) is 0 Å². The van der Waals surface area contributed by atoms with Crippen LogP contribution in [0, 0.1) is 0 Å². The van der Waals surface area contributed by atoms with Gasteiger partial charge in [-0.1, -0.05) is 6.07 Å². The molecule has 1 amide bonds. The van der Waals surface area contributed by atoms with Gasteiger partial charge in [-0.25, -0.2) is 4.98 Å². The first kappa shape index (κ1) is 18.7. The molecule has 0 aromatic carbocycles. The molecule has 0 spiro atoms. The summed E-state index contributed by atoms with van der Waals surface area (Å²) in [5.74, 6) is 0.954. The highest BCUT2D eigenvalue weighted by molar-refractivity contribution is 5.78. The lowest BCUT2D eigenvalue weighted by Crippen LogP contribution is -2.54. The Balaban J connectivity index is 1.42. The summed E-state index contributed by atoms with van der Waals surface area (Å²) in [4.78, 5) is 21.5. The Morgan fingerprint density at radius 2 is 2.07 bits per heavy atom. The average molecular weight is 373 g/mol. The number of piperidine rings is 1. The summed E-state index contributed by atoms with van der Waals surface area (Å²) in [7, 11) is 1.82. The highest BCUT2D eigenvalue weighted by Gasteiger charge is 2.52. The molecule has 2 aliphatic heterocycles. The van der Waals surface area contributed by atoms with Crippen molar-refractivity contribution in [1.29, 1.82) is 0 Å². The molecule has 0 bridgehead atoms. The lowest BCUT2D eigenvalue weighted by molar-refractivity contribution is -0.135. The summed E-state index contributed by atoms with van der Waals surface area (Å²) >= 11 is 0. The molecule has 2 saturated heterocycles. The van der Waals surface area contributed by atoms with E-state index in [0.29, 0.717) is 12.4 Å². The first-order chi connectivity index (χ1) is 13.2. The predicted molar refractivity (Wildman–Crippen MR) is 103 cm³/mol.